The zero-order valence-electron chi connectivity index (χ0n) is 9.69. The first-order chi connectivity index (χ1) is 8.29. The highest BCUT2D eigenvalue weighted by atomic mass is 79.9. The molecule has 0 aliphatic carbocycles. The molecule has 2 nitrogen and oxygen atoms in total. The summed E-state index contributed by atoms with van der Waals surface area (Å²) in [6.45, 7) is 3.04. The van der Waals surface area contributed by atoms with Crippen molar-refractivity contribution in [2.45, 2.75) is 25.9 Å². The Kier molecular flexibility index (Phi) is 4.71. The Labute approximate surface area is 114 Å². The molecule has 0 aliphatic heterocycles. The van der Waals surface area contributed by atoms with Crippen LogP contribution < -0.4 is 5.32 Å². The van der Waals surface area contributed by atoms with Gasteiger partial charge in [-0.25, -0.2) is 4.98 Å². The van der Waals surface area contributed by atoms with Crippen LogP contribution in [0.3, 0.4) is 0 Å². The molecule has 1 N–H and O–H groups in total. The van der Waals surface area contributed by atoms with Crippen LogP contribution in [0.1, 0.15) is 30.0 Å². The van der Waals surface area contributed by atoms with Crippen LogP contribution in [0.25, 0.3) is 0 Å². The molecule has 0 saturated carbocycles. The number of hydrogen-bond donors (Lipinski definition) is 1. The first-order valence-electron chi connectivity index (χ1n) is 5.67. The third-order valence-corrected chi connectivity index (χ3v) is 3.97. The lowest BCUT2D eigenvalue weighted by atomic mass is 10.1. The number of hydrogen-bond acceptors (Lipinski definition) is 3. The molecular weight excluding hydrogens is 296 g/mol. The lowest BCUT2D eigenvalue weighted by Crippen LogP contribution is -2.20. The highest BCUT2D eigenvalue weighted by Gasteiger charge is 2.08. The van der Waals surface area contributed by atoms with E-state index in [1.54, 1.807) is 11.3 Å². The van der Waals surface area contributed by atoms with Gasteiger partial charge in [-0.1, -0.05) is 35.0 Å². The topological polar surface area (TPSA) is 24.9 Å². The van der Waals surface area contributed by atoms with Crippen LogP contribution in [0, 0.1) is 0 Å². The van der Waals surface area contributed by atoms with Gasteiger partial charge in [-0.2, -0.15) is 0 Å². The van der Waals surface area contributed by atoms with Gasteiger partial charge in [0.1, 0.15) is 5.01 Å². The summed E-state index contributed by atoms with van der Waals surface area (Å²) >= 11 is 5.15. The van der Waals surface area contributed by atoms with Crippen LogP contribution in [-0.2, 0) is 6.54 Å². The number of halogens is 1. The Morgan fingerprint density at radius 3 is 2.71 bits per heavy atom. The largest absolute Gasteiger partial charge is 0.304 e. The highest BCUT2D eigenvalue weighted by Crippen LogP contribution is 2.20. The average molecular weight is 311 g/mol. The number of benzene rings is 1. The lowest BCUT2D eigenvalue weighted by Gasteiger charge is -2.16. The van der Waals surface area contributed by atoms with Crippen molar-refractivity contribution >= 4 is 27.3 Å². The minimum absolute atomic E-state index is 0.395. The molecule has 90 valence electrons. The van der Waals surface area contributed by atoms with Crippen LogP contribution in [0.4, 0.5) is 0 Å². The molecule has 0 amide bonds. The Hall–Kier alpha value is -0.710. The fourth-order valence-electron chi connectivity index (χ4n) is 1.74. The van der Waals surface area contributed by atoms with E-state index in [1.165, 1.54) is 5.56 Å². The fraction of sp³-hybridized carbons (Fsp3) is 0.308. The van der Waals surface area contributed by atoms with E-state index < -0.39 is 0 Å². The number of thiazole rings is 1. The Bertz CT molecular complexity index is 439. The van der Waals surface area contributed by atoms with Crippen LogP contribution in [-0.4, -0.2) is 4.98 Å². The molecule has 1 unspecified atom stereocenters. The predicted octanol–water partition coefficient (Wildman–Crippen LogP) is 4.15. The number of rotatable bonds is 5. The van der Waals surface area contributed by atoms with Crippen LogP contribution in [0.2, 0.25) is 0 Å². The van der Waals surface area contributed by atoms with E-state index in [1.807, 2.05) is 11.6 Å². The van der Waals surface area contributed by atoms with Crippen molar-refractivity contribution in [1.82, 2.24) is 10.3 Å². The van der Waals surface area contributed by atoms with Gasteiger partial charge in [-0.3, -0.25) is 0 Å². The summed E-state index contributed by atoms with van der Waals surface area (Å²) in [6, 6.07) is 8.89. The van der Waals surface area contributed by atoms with Gasteiger partial charge in [0, 0.05) is 28.6 Å². The first kappa shape index (κ1) is 12.7. The summed E-state index contributed by atoms with van der Waals surface area (Å²) in [5, 5.41) is 6.69. The van der Waals surface area contributed by atoms with Crippen molar-refractivity contribution in [1.29, 1.82) is 0 Å². The monoisotopic (exact) mass is 310 g/mol. The molecular formula is C13H15BrN2S. The van der Waals surface area contributed by atoms with Crippen molar-refractivity contribution in [3.8, 4) is 0 Å². The van der Waals surface area contributed by atoms with Crippen LogP contribution in [0.5, 0.6) is 0 Å². The predicted molar refractivity (Wildman–Crippen MR) is 76.1 cm³/mol. The van der Waals surface area contributed by atoms with Crippen molar-refractivity contribution in [3.05, 3.63) is 50.9 Å². The number of nitrogens with zero attached hydrogens (tertiary/aromatic N) is 1. The SMILES string of the molecule is CCC(NCc1nccs1)c1ccc(Br)cc1. The zero-order chi connectivity index (χ0) is 12.1. The summed E-state index contributed by atoms with van der Waals surface area (Å²) < 4.78 is 1.12. The third kappa shape index (κ3) is 3.63. The van der Waals surface area contributed by atoms with E-state index in [2.05, 4.69) is 57.4 Å². The molecule has 17 heavy (non-hydrogen) atoms. The van der Waals surface area contributed by atoms with Gasteiger partial charge in [-0.15, -0.1) is 11.3 Å². The van der Waals surface area contributed by atoms with E-state index in [-0.39, 0.29) is 0 Å². The van der Waals surface area contributed by atoms with E-state index in [0.29, 0.717) is 6.04 Å². The first-order valence-corrected chi connectivity index (χ1v) is 7.34. The molecule has 1 atom stereocenters. The molecule has 0 saturated heterocycles. The molecule has 1 aromatic carbocycles. The van der Waals surface area contributed by atoms with E-state index >= 15 is 0 Å². The average Bonchev–Trinajstić information content (AvgIpc) is 2.85. The van der Waals surface area contributed by atoms with Gasteiger partial charge >= 0.3 is 0 Å². The molecule has 0 fully saturated rings. The smallest absolute Gasteiger partial charge is 0.106 e. The van der Waals surface area contributed by atoms with E-state index in [9.17, 15) is 0 Å². The molecule has 0 radical (unpaired) electrons. The maximum Gasteiger partial charge on any atom is 0.106 e. The van der Waals surface area contributed by atoms with Gasteiger partial charge in [-0.05, 0) is 24.1 Å². The molecule has 1 heterocycles. The summed E-state index contributed by atoms with van der Waals surface area (Å²) in [5.41, 5.74) is 1.33. The quantitative estimate of drug-likeness (QED) is 0.897. The summed E-state index contributed by atoms with van der Waals surface area (Å²) in [4.78, 5) is 4.28. The zero-order valence-corrected chi connectivity index (χ0v) is 12.1. The second-order valence-electron chi connectivity index (χ2n) is 3.82. The molecule has 0 aliphatic rings. The number of aromatic nitrogens is 1. The number of nitrogens with one attached hydrogen (secondary N) is 1. The molecule has 1 aromatic heterocycles. The normalized spacial score (nSPS) is 12.6. The van der Waals surface area contributed by atoms with Crippen LogP contribution in [0.15, 0.2) is 40.3 Å². The highest BCUT2D eigenvalue weighted by molar-refractivity contribution is 9.10. The maximum absolute atomic E-state index is 4.28. The van der Waals surface area contributed by atoms with Gasteiger partial charge in [0.15, 0.2) is 0 Å². The second kappa shape index (κ2) is 6.28. The Morgan fingerprint density at radius 2 is 2.12 bits per heavy atom. The summed E-state index contributed by atoms with van der Waals surface area (Å²) in [7, 11) is 0. The van der Waals surface area contributed by atoms with Crippen LogP contribution >= 0.6 is 27.3 Å². The van der Waals surface area contributed by atoms with Gasteiger partial charge in [0.25, 0.3) is 0 Å². The maximum atomic E-state index is 4.28. The summed E-state index contributed by atoms with van der Waals surface area (Å²) in [6.07, 6.45) is 2.93. The molecule has 4 heteroatoms. The molecule has 0 bridgehead atoms. The Balaban J connectivity index is 1.99. The molecule has 2 rings (SSSR count). The Morgan fingerprint density at radius 1 is 1.35 bits per heavy atom. The second-order valence-corrected chi connectivity index (χ2v) is 5.71. The van der Waals surface area contributed by atoms with Gasteiger partial charge < -0.3 is 5.32 Å². The van der Waals surface area contributed by atoms with Crippen molar-refractivity contribution in [2.24, 2.45) is 0 Å². The van der Waals surface area contributed by atoms with Gasteiger partial charge in [0.05, 0.1) is 0 Å². The fourth-order valence-corrected chi connectivity index (χ4v) is 2.58. The third-order valence-electron chi connectivity index (χ3n) is 2.66. The molecule has 0 spiro atoms. The van der Waals surface area contributed by atoms with Crippen molar-refractivity contribution in [2.75, 3.05) is 0 Å². The van der Waals surface area contributed by atoms with Crippen molar-refractivity contribution in [3.63, 3.8) is 0 Å². The van der Waals surface area contributed by atoms with E-state index in [0.717, 1.165) is 22.4 Å². The molecule has 2 aromatic rings. The standard InChI is InChI=1S/C13H15BrN2S/c1-2-12(10-3-5-11(14)6-4-10)16-9-13-15-7-8-17-13/h3-8,12,16H,2,9H2,1H3. The minimum Gasteiger partial charge on any atom is -0.304 e. The minimum atomic E-state index is 0.395. The summed E-state index contributed by atoms with van der Waals surface area (Å²) in [5.74, 6) is 0. The lowest BCUT2D eigenvalue weighted by molar-refractivity contribution is 0.518. The van der Waals surface area contributed by atoms with Gasteiger partial charge in [0.2, 0.25) is 0 Å². The van der Waals surface area contributed by atoms with E-state index in [4.69, 9.17) is 0 Å². The van der Waals surface area contributed by atoms with Crippen molar-refractivity contribution < 1.29 is 0 Å².